The molecule has 11 nitrogen and oxygen atoms in total. The van der Waals surface area contributed by atoms with Gasteiger partial charge < -0.3 is 14.8 Å². The maximum absolute atomic E-state index is 13.1. The molecule has 5 rings (SSSR count). The van der Waals surface area contributed by atoms with Crippen LogP contribution in [0.4, 0.5) is 10.2 Å². The molecule has 5 aromatic rings. The second kappa shape index (κ2) is 10.8. The predicted octanol–water partition coefficient (Wildman–Crippen LogP) is 3.44. The summed E-state index contributed by atoms with van der Waals surface area (Å²) in [6, 6.07) is 9.61. The average Bonchev–Trinajstić information content (AvgIpc) is 3.50. The minimum Gasteiger partial charge on any atom is -0.465 e. The molecule has 0 aliphatic rings. The van der Waals surface area contributed by atoms with Crippen molar-refractivity contribution in [2.45, 2.75) is 6.54 Å². The van der Waals surface area contributed by atoms with Gasteiger partial charge in [-0.3, -0.25) is 0 Å². The summed E-state index contributed by atoms with van der Waals surface area (Å²) in [7, 11) is 2.61. The van der Waals surface area contributed by atoms with Gasteiger partial charge in [0.2, 0.25) is 0 Å². The number of anilines is 1. The summed E-state index contributed by atoms with van der Waals surface area (Å²) in [6.07, 6.45) is 6.11. The van der Waals surface area contributed by atoms with E-state index >= 15 is 0 Å². The van der Waals surface area contributed by atoms with E-state index in [1.165, 1.54) is 47.8 Å². The molecule has 0 fully saturated rings. The van der Waals surface area contributed by atoms with Gasteiger partial charge in [0.15, 0.2) is 11.3 Å². The molecule has 0 aliphatic heterocycles. The van der Waals surface area contributed by atoms with Gasteiger partial charge in [-0.1, -0.05) is 23.7 Å². The molecule has 0 atom stereocenters. The van der Waals surface area contributed by atoms with Crippen LogP contribution in [0, 0.1) is 5.82 Å². The Kier molecular flexibility index (Phi) is 7.35. The highest BCUT2D eigenvalue weighted by atomic mass is 35.5. The molecule has 13 heteroatoms. The molecule has 0 saturated heterocycles. The monoisotopic (exact) mass is 511 g/mol. The minimum absolute atomic E-state index is 0.286. The highest BCUT2D eigenvalue weighted by molar-refractivity contribution is 6.29. The van der Waals surface area contributed by atoms with Crippen LogP contribution in [0.5, 0.6) is 0 Å². The summed E-state index contributed by atoms with van der Waals surface area (Å²) in [4.78, 5) is 31.2. The molecule has 0 spiro atoms. The Balaban J connectivity index is 0.000000187. The lowest BCUT2D eigenvalue weighted by Crippen LogP contribution is -2.05. The van der Waals surface area contributed by atoms with Crippen molar-refractivity contribution in [1.82, 2.24) is 29.2 Å². The normalized spacial score (nSPS) is 10.6. The Morgan fingerprint density at radius 1 is 0.944 bits per heavy atom. The van der Waals surface area contributed by atoms with Crippen LogP contribution in [-0.4, -0.2) is 55.4 Å². The maximum atomic E-state index is 13.1. The number of benzene rings is 1. The van der Waals surface area contributed by atoms with Crippen LogP contribution in [0.15, 0.2) is 61.2 Å². The lowest BCUT2D eigenvalue weighted by molar-refractivity contribution is 0.0593. The number of halogens is 2. The van der Waals surface area contributed by atoms with E-state index in [0.717, 1.165) is 5.56 Å². The lowest BCUT2D eigenvalue weighted by atomic mass is 10.2. The zero-order valence-corrected chi connectivity index (χ0v) is 19.8. The molecular formula is C23H19ClFN7O4. The van der Waals surface area contributed by atoms with Crippen molar-refractivity contribution in [1.29, 1.82) is 0 Å². The van der Waals surface area contributed by atoms with Crippen molar-refractivity contribution in [2.75, 3.05) is 19.5 Å². The van der Waals surface area contributed by atoms with E-state index in [4.69, 9.17) is 16.3 Å². The van der Waals surface area contributed by atoms with E-state index in [-0.39, 0.29) is 11.4 Å². The number of hydrogen-bond acceptors (Lipinski definition) is 9. The molecule has 0 amide bonds. The molecule has 36 heavy (non-hydrogen) atoms. The minimum atomic E-state index is -0.496. The zero-order chi connectivity index (χ0) is 25.7. The molecule has 0 radical (unpaired) electrons. The van der Waals surface area contributed by atoms with Gasteiger partial charge in [-0.15, -0.1) is 0 Å². The largest absolute Gasteiger partial charge is 0.465 e. The highest BCUT2D eigenvalue weighted by Gasteiger charge is 2.15. The van der Waals surface area contributed by atoms with Crippen molar-refractivity contribution in [3.63, 3.8) is 0 Å². The first-order chi connectivity index (χ1) is 17.4. The fourth-order valence-corrected chi connectivity index (χ4v) is 3.30. The second-order valence-electron chi connectivity index (χ2n) is 7.18. The summed E-state index contributed by atoms with van der Waals surface area (Å²) in [6.45, 7) is 0.419. The van der Waals surface area contributed by atoms with Gasteiger partial charge in [0, 0.05) is 18.9 Å². The van der Waals surface area contributed by atoms with Crippen molar-refractivity contribution in [3.8, 4) is 0 Å². The van der Waals surface area contributed by atoms with Gasteiger partial charge in [0.1, 0.15) is 27.9 Å². The molecule has 0 unspecified atom stereocenters. The van der Waals surface area contributed by atoms with E-state index < -0.39 is 11.9 Å². The SMILES string of the molecule is COC(=O)c1cnn2ccc(Cl)nc12.COC(=O)c1cnn2ccc(NCc3cccc(F)c3)nc12. The van der Waals surface area contributed by atoms with Gasteiger partial charge in [0.05, 0.1) is 26.6 Å². The third-order valence-electron chi connectivity index (χ3n) is 4.88. The van der Waals surface area contributed by atoms with Gasteiger partial charge in [0.25, 0.3) is 0 Å². The summed E-state index contributed by atoms with van der Waals surface area (Å²) < 4.78 is 25.3. The van der Waals surface area contributed by atoms with Gasteiger partial charge in [-0.05, 0) is 29.8 Å². The van der Waals surface area contributed by atoms with Gasteiger partial charge in [-0.2, -0.15) is 10.2 Å². The Bertz CT molecular complexity index is 1550. The number of hydrogen-bond donors (Lipinski definition) is 1. The fraction of sp³-hybridized carbons (Fsp3) is 0.130. The first-order valence-corrected chi connectivity index (χ1v) is 10.8. The first-order valence-electron chi connectivity index (χ1n) is 10.4. The molecule has 4 heterocycles. The first kappa shape index (κ1) is 24.5. The van der Waals surface area contributed by atoms with Crippen LogP contribution >= 0.6 is 11.6 Å². The van der Waals surface area contributed by atoms with Crippen LogP contribution in [0.1, 0.15) is 26.3 Å². The third-order valence-corrected chi connectivity index (χ3v) is 5.09. The summed E-state index contributed by atoms with van der Waals surface area (Å²) in [5.41, 5.74) is 2.18. The number of aromatic nitrogens is 6. The Morgan fingerprint density at radius 3 is 2.17 bits per heavy atom. The third kappa shape index (κ3) is 5.39. The smallest absolute Gasteiger partial charge is 0.343 e. The van der Waals surface area contributed by atoms with Crippen molar-refractivity contribution < 1.29 is 23.5 Å². The highest BCUT2D eigenvalue weighted by Crippen LogP contribution is 2.14. The molecule has 1 N–H and O–H groups in total. The Morgan fingerprint density at radius 2 is 1.56 bits per heavy atom. The van der Waals surface area contributed by atoms with E-state index in [1.54, 1.807) is 30.6 Å². The van der Waals surface area contributed by atoms with E-state index in [9.17, 15) is 14.0 Å². The Hall–Kier alpha value is -4.58. The number of methoxy groups -OCH3 is 2. The fourth-order valence-electron chi connectivity index (χ4n) is 3.16. The maximum Gasteiger partial charge on any atom is 0.343 e. The van der Waals surface area contributed by atoms with Gasteiger partial charge >= 0.3 is 11.9 Å². The zero-order valence-electron chi connectivity index (χ0n) is 19.1. The van der Waals surface area contributed by atoms with E-state index in [0.29, 0.717) is 34.4 Å². The van der Waals surface area contributed by atoms with Crippen LogP contribution in [0.3, 0.4) is 0 Å². The molecule has 0 aliphatic carbocycles. The molecular weight excluding hydrogens is 493 g/mol. The topological polar surface area (TPSA) is 125 Å². The number of ether oxygens (including phenoxy) is 2. The van der Waals surface area contributed by atoms with Crippen LogP contribution in [0.25, 0.3) is 11.3 Å². The number of fused-ring (bicyclic) bond motifs is 2. The van der Waals surface area contributed by atoms with Crippen LogP contribution in [-0.2, 0) is 16.0 Å². The lowest BCUT2D eigenvalue weighted by Gasteiger charge is -2.06. The Labute approximate surface area is 208 Å². The van der Waals surface area contributed by atoms with Crippen molar-refractivity contribution >= 4 is 40.7 Å². The molecule has 4 aromatic heterocycles. The summed E-state index contributed by atoms with van der Waals surface area (Å²) in [5.74, 6) is -0.701. The number of esters is 2. The number of rotatable bonds is 5. The standard InChI is InChI=1S/C15H13FN4O2.C8H6ClN3O2/c1-22-15(21)12-9-18-20-6-5-13(19-14(12)20)17-8-10-3-2-4-11(16)7-10;1-14-8(13)5-4-10-12-3-2-6(9)11-7(5)12/h2-7,9H,8H2,1H3,(H,17,19);2-4H,1H3. The molecule has 0 saturated carbocycles. The predicted molar refractivity (Wildman–Crippen MR) is 127 cm³/mol. The van der Waals surface area contributed by atoms with E-state index in [2.05, 4.69) is 30.2 Å². The average molecular weight is 512 g/mol. The number of nitrogens with one attached hydrogen (secondary N) is 1. The van der Waals surface area contributed by atoms with Gasteiger partial charge in [-0.25, -0.2) is 33.0 Å². The van der Waals surface area contributed by atoms with Crippen LogP contribution < -0.4 is 5.32 Å². The van der Waals surface area contributed by atoms with E-state index in [1.807, 2.05) is 6.07 Å². The molecule has 1 aromatic carbocycles. The quantitative estimate of drug-likeness (QED) is 0.279. The van der Waals surface area contributed by atoms with Crippen molar-refractivity contribution in [2.24, 2.45) is 0 Å². The second-order valence-corrected chi connectivity index (χ2v) is 7.57. The number of carbonyl (C=O) groups is 2. The summed E-state index contributed by atoms with van der Waals surface area (Å²) in [5, 5.41) is 11.3. The summed E-state index contributed by atoms with van der Waals surface area (Å²) >= 11 is 5.69. The van der Waals surface area contributed by atoms with Crippen LogP contribution in [0.2, 0.25) is 5.15 Å². The number of nitrogens with zero attached hydrogens (tertiary/aromatic N) is 6. The molecule has 184 valence electrons. The van der Waals surface area contributed by atoms with Crippen molar-refractivity contribution in [3.05, 3.63) is 88.8 Å². The number of carbonyl (C=O) groups excluding carboxylic acids is 2. The molecule has 0 bridgehead atoms.